The first kappa shape index (κ1) is 17.0. The Kier molecular flexibility index (Phi) is 4.32. The van der Waals surface area contributed by atoms with Crippen molar-refractivity contribution >= 4 is 27.5 Å². The Balaban J connectivity index is 1.20. The molecule has 0 bridgehead atoms. The number of nitrogens with one attached hydrogen (secondary N) is 1. The Morgan fingerprint density at radius 3 is 2.86 bits per heavy atom. The summed E-state index contributed by atoms with van der Waals surface area (Å²) in [6, 6.07) is 13.4. The molecule has 1 aromatic carbocycles. The fourth-order valence-corrected chi connectivity index (χ4v) is 4.25. The smallest absolute Gasteiger partial charge is 0.274 e. The lowest BCUT2D eigenvalue weighted by Gasteiger charge is -2.31. The molecule has 1 N–H and O–H groups in total. The standard InChI is InChI=1S/C20H18N4O3S/c25-19(16-12-15(22-23-16)17-5-3-11-26-17)24-9-7-13(8-10-24)27-20-21-14-4-1-2-6-18(14)28-20/h1-6,11-13H,7-10H2,(H,22,23). The third-order valence-corrected chi connectivity index (χ3v) is 5.78. The molecule has 1 aliphatic rings. The molecule has 5 rings (SSSR count). The number of aromatic amines is 1. The largest absolute Gasteiger partial charge is 0.467 e. The number of benzene rings is 1. The van der Waals surface area contributed by atoms with Crippen molar-refractivity contribution in [3.63, 3.8) is 0 Å². The number of aromatic nitrogens is 3. The highest BCUT2D eigenvalue weighted by atomic mass is 32.1. The van der Waals surface area contributed by atoms with E-state index in [1.165, 1.54) is 0 Å². The van der Waals surface area contributed by atoms with Gasteiger partial charge in [0.05, 0.1) is 16.5 Å². The van der Waals surface area contributed by atoms with Crippen LogP contribution in [0.4, 0.5) is 0 Å². The summed E-state index contributed by atoms with van der Waals surface area (Å²) in [5.74, 6) is 0.585. The fourth-order valence-electron chi connectivity index (χ4n) is 3.37. The van der Waals surface area contributed by atoms with Crippen LogP contribution in [-0.4, -0.2) is 45.2 Å². The first-order valence-corrected chi connectivity index (χ1v) is 9.99. The van der Waals surface area contributed by atoms with E-state index < -0.39 is 0 Å². The molecule has 0 saturated carbocycles. The van der Waals surface area contributed by atoms with Gasteiger partial charge in [-0.25, -0.2) is 4.98 Å². The van der Waals surface area contributed by atoms with Crippen molar-refractivity contribution < 1.29 is 13.9 Å². The van der Waals surface area contributed by atoms with Gasteiger partial charge in [-0.1, -0.05) is 23.5 Å². The number of amides is 1. The highest BCUT2D eigenvalue weighted by Gasteiger charge is 2.27. The van der Waals surface area contributed by atoms with Crippen molar-refractivity contribution in [3.05, 3.63) is 54.4 Å². The second-order valence-corrected chi connectivity index (χ2v) is 7.69. The van der Waals surface area contributed by atoms with E-state index in [-0.39, 0.29) is 12.0 Å². The van der Waals surface area contributed by atoms with Gasteiger partial charge in [0.15, 0.2) is 11.5 Å². The van der Waals surface area contributed by atoms with Gasteiger partial charge in [0.1, 0.15) is 11.8 Å². The van der Waals surface area contributed by atoms with Gasteiger partial charge in [0.2, 0.25) is 0 Å². The zero-order chi connectivity index (χ0) is 18.9. The van der Waals surface area contributed by atoms with Crippen LogP contribution in [0.5, 0.6) is 5.19 Å². The van der Waals surface area contributed by atoms with Crippen LogP contribution >= 0.6 is 11.3 Å². The number of para-hydroxylation sites is 1. The number of likely N-dealkylation sites (tertiary alicyclic amines) is 1. The van der Waals surface area contributed by atoms with Crippen LogP contribution in [0.3, 0.4) is 0 Å². The number of carbonyl (C=O) groups is 1. The van der Waals surface area contributed by atoms with E-state index in [1.54, 1.807) is 29.7 Å². The van der Waals surface area contributed by atoms with Crippen molar-refractivity contribution in [2.75, 3.05) is 13.1 Å². The molecule has 0 aliphatic carbocycles. The minimum atomic E-state index is -0.0764. The van der Waals surface area contributed by atoms with Crippen LogP contribution < -0.4 is 4.74 Å². The van der Waals surface area contributed by atoms with E-state index >= 15 is 0 Å². The summed E-state index contributed by atoms with van der Waals surface area (Å²) in [4.78, 5) is 19.1. The Morgan fingerprint density at radius 1 is 1.21 bits per heavy atom. The van der Waals surface area contributed by atoms with Crippen LogP contribution in [0.15, 0.2) is 53.1 Å². The Morgan fingerprint density at radius 2 is 2.07 bits per heavy atom. The predicted molar refractivity (Wildman–Crippen MR) is 105 cm³/mol. The molecule has 7 nitrogen and oxygen atoms in total. The third kappa shape index (κ3) is 3.27. The molecule has 1 fully saturated rings. The molecule has 4 aromatic rings. The number of H-pyrrole nitrogens is 1. The van der Waals surface area contributed by atoms with E-state index in [0.29, 0.717) is 35.4 Å². The number of furan rings is 1. The molecule has 0 atom stereocenters. The zero-order valence-electron chi connectivity index (χ0n) is 15.0. The Bertz CT molecular complexity index is 1060. The molecule has 1 amide bonds. The van der Waals surface area contributed by atoms with Gasteiger partial charge < -0.3 is 14.1 Å². The molecule has 1 aliphatic heterocycles. The zero-order valence-corrected chi connectivity index (χ0v) is 15.8. The van der Waals surface area contributed by atoms with Gasteiger partial charge in [-0.05, 0) is 24.3 Å². The molecular formula is C20H18N4O3S. The normalized spacial score (nSPS) is 15.2. The summed E-state index contributed by atoms with van der Waals surface area (Å²) in [6.07, 6.45) is 3.21. The molecule has 8 heteroatoms. The van der Waals surface area contributed by atoms with Crippen molar-refractivity contribution in [1.29, 1.82) is 0 Å². The summed E-state index contributed by atoms with van der Waals surface area (Å²) in [5, 5.41) is 7.70. The van der Waals surface area contributed by atoms with Gasteiger partial charge >= 0.3 is 0 Å². The Labute approximate surface area is 164 Å². The maximum Gasteiger partial charge on any atom is 0.274 e. The topological polar surface area (TPSA) is 84.2 Å². The number of fused-ring (bicyclic) bond motifs is 1. The highest BCUT2D eigenvalue weighted by Crippen LogP contribution is 2.29. The van der Waals surface area contributed by atoms with E-state index in [2.05, 4.69) is 15.2 Å². The van der Waals surface area contributed by atoms with E-state index in [4.69, 9.17) is 9.15 Å². The maximum absolute atomic E-state index is 12.7. The van der Waals surface area contributed by atoms with E-state index in [1.807, 2.05) is 35.2 Å². The average molecular weight is 394 g/mol. The van der Waals surface area contributed by atoms with E-state index in [0.717, 1.165) is 23.1 Å². The molecule has 3 aromatic heterocycles. The molecule has 4 heterocycles. The summed E-state index contributed by atoms with van der Waals surface area (Å²) in [6.45, 7) is 1.27. The van der Waals surface area contributed by atoms with Crippen molar-refractivity contribution in [2.24, 2.45) is 0 Å². The van der Waals surface area contributed by atoms with Gasteiger partial charge in [0.25, 0.3) is 11.1 Å². The van der Waals surface area contributed by atoms with Crippen molar-refractivity contribution in [1.82, 2.24) is 20.1 Å². The van der Waals surface area contributed by atoms with Gasteiger partial charge in [-0.3, -0.25) is 9.89 Å². The number of piperidine rings is 1. The number of rotatable bonds is 4. The van der Waals surface area contributed by atoms with Gasteiger partial charge in [-0.2, -0.15) is 5.10 Å². The minimum absolute atomic E-state index is 0.0717. The van der Waals surface area contributed by atoms with Crippen LogP contribution in [-0.2, 0) is 0 Å². The fraction of sp³-hybridized carbons (Fsp3) is 0.250. The van der Waals surface area contributed by atoms with Gasteiger partial charge in [-0.15, -0.1) is 0 Å². The lowest BCUT2D eigenvalue weighted by atomic mass is 10.1. The number of nitrogens with zero attached hydrogens (tertiary/aromatic N) is 3. The molecule has 142 valence electrons. The molecule has 1 saturated heterocycles. The Hall–Kier alpha value is -3.13. The number of ether oxygens (including phenoxy) is 1. The van der Waals surface area contributed by atoms with E-state index in [9.17, 15) is 4.79 Å². The van der Waals surface area contributed by atoms with Crippen LogP contribution in [0.2, 0.25) is 0 Å². The molecule has 28 heavy (non-hydrogen) atoms. The highest BCUT2D eigenvalue weighted by molar-refractivity contribution is 7.20. The lowest BCUT2D eigenvalue weighted by molar-refractivity contribution is 0.0590. The average Bonchev–Trinajstić information content (AvgIpc) is 3.47. The first-order valence-electron chi connectivity index (χ1n) is 9.17. The second-order valence-electron chi connectivity index (χ2n) is 6.70. The summed E-state index contributed by atoms with van der Waals surface area (Å²) < 4.78 is 12.5. The third-order valence-electron chi connectivity index (χ3n) is 4.85. The van der Waals surface area contributed by atoms with Crippen LogP contribution in [0.1, 0.15) is 23.3 Å². The van der Waals surface area contributed by atoms with Crippen molar-refractivity contribution in [3.8, 4) is 16.6 Å². The monoisotopic (exact) mass is 394 g/mol. The lowest BCUT2D eigenvalue weighted by Crippen LogP contribution is -2.41. The maximum atomic E-state index is 12.7. The van der Waals surface area contributed by atoms with Crippen LogP contribution in [0, 0.1) is 0 Å². The SMILES string of the molecule is O=C(c1cc(-c2ccco2)[nH]n1)N1CCC(Oc2nc3ccccc3s2)CC1. The van der Waals surface area contributed by atoms with Crippen LogP contribution in [0.25, 0.3) is 21.7 Å². The quantitative estimate of drug-likeness (QED) is 0.566. The summed E-state index contributed by atoms with van der Waals surface area (Å²) >= 11 is 1.56. The first-order chi connectivity index (χ1) is 13.8. The number of hydrogen-bond donors (Lipinski definition) is 1. The summed E-state index contributed by atoms with van der Waals surface area (Å²) in [7, 11) is 0. The van der Waals surface area contributed by atoms with Crippen molar-refractivity contribution in [2.45, 2.75) is 18.9 Å². The molecule has 0 unspecified atom stereocenters. The summed E-state index contributed by atoms with van der Waals surface area (Å²) in [5.41, 5.74) is 2.06. The second kappa shape index (κ2) is 7.12. The number of carbonyl (C=O) groups excluding carboxylic acids is 1. The molecular weight excluding hydrogens is 376 g/mol. The minimum Gasteiger partial charge on any atom is -0.467 e. The van der Waals surface area contributed by atoms with Gasteiger partial charge in [0, 0.05) is 32.0 Å². The number of hydrogen-bond acceptors (Lipinski definition) is 6. The predicted octanol–water partition coefficient (Wildman–Crippen LogP) is 3.96. The molecule has 0 spiro atoms. The number of thiazole rings is 1. The molecule has 0 radical (unpaired) electrons.